The Bertz CT molecular complexity index is 765. The van der Waals surface area contributed by atoms with Crippen molar-refractivity contribution >= 4 is 11.9 Å². The average molecular weight is 401 g/mol. The predicted molar refractivity (Wildman–Crippen MR) is 112 cm³/mol. The largest absolute Gasteiger partial charge is 0.462 e. The normalized spacial score (nSPS) is 44.9. The van der Waals surface area contributed by atoms with Gasteiger partial charge in [-0.1, -0.05) is 37.1 Å². The van der Waals surface area contributed by atoms with Gasteiger partial charge in [0.15, 0.2) is 0 Å². The Morgan fingerprint density at radius 2 is 1.83 bits per heavy atom. The van der Waals surface area contributed by atoms with Crippen molar-refractivity contribution in [1.29, 1.82) is 0 Å². The van der Waals surface area contributed by atoms with Gasteiger partial charge in [-0.2, -0.15) is 0 Å². The predicted octanol–water partition coefficient (Wildman–Crippen LogP) is 5.37. The molecule has 3 fully saturated rings. The van der Waals surface area contributed by atoms with Gasteiger partial charge < -0.3 is 9.47 Å². The molecular formula is C25H36O4. The highest BCUT2D eigenvalue weighted by atomic mass is 16.6. The number of hydrogen-bond acceptors (Lipinski definition) is 4. The van der Waals surface area contributed by atoms with Crippen LogP contribution in [-0.4, -0.2) is 24.1 Å². The molecule has 0 spiro atoms. The number of carbonyl (C=O) groups is 2. The van der Waals surface area contributed by atoms with Gasteiger partial charge in [-0.15, -0.1) is 0 Å². The molecule has 160 valence electrons. The Morgan fingerprint density at radius 1 is 1.10 bits per heavy atom. The van der Waals surface area contributed by atoms with E-state index in [9.17, 15) is 9.59 Å². The van der Waals surface area contributed by atoms with Crippen molar-refractivity contribution in [2.75, 3.05) is 0 Å². The maximum atomic E-state index is 12.0. The van der Waals surface area contributed by atoms with E-state index in [1.807, 2.05) is 0 Å². The molecule has 4 heteroatoms. The molecule has 0 radical (unpaired) electrons. The third kappa shape index (κ3) is 3.18. The third-order valence-electron chi connectivity index (χ3n) is 8.97. The van der Waals surface area contributed by atoms with E-state index in [4.69, 9.17) is 9.47 Å². The van der Waals surface area contributed by atoms with Crippen LogP contribution >= 0.6 is 0 Å². The van der Waals surface area contributed by atoms with E-state index in [0.29, 0.717) is 29.6 Å². The van der Waals surface area contributed by atoms with Crippen molar-refractivity contribution in [2.24, 2.45) is 28.6 Å². The molecule has 0 N–H and O–H groups in total. The van der Waals surface area contributed by atoms with Crippen LogP contribution < -0.4 is 0 Å². The molecule has 3 saturated carbocycles. The third-order valence-corrected chi connectivity index (χ3v) is 8.97. The fourth-order valence-electron chi connectivity index (χ4n) is 7.68. The van der Waals surface area contributed by atoms with E-state index in [0.717, 1.165) is 12.8 Å². The van der Waals surface area contributed by atoms with Crippen molar-refractivity contribution in [3.05, 3.63) is 23.3 Å². The van der Waals surface area contributed by atoms with Gasteiger partial charge in [0.2, 0.25) is 0 Å². The summed E-state index contributed by atoms with van der Waals surface area (Å²) in [5.41, 5.74) is 3.18. The fraction of sp³-hybridized carbons (Fsp3) is 0.760. The van der Waals surface area contributed by atoms with Gasteiger partial charge >= 0.3 is 11.9 Å². The summed E-state index contributed by atoms with van der Waals surface area (Å²) in [5, 5.41) is 0. The number of esters is 2. The second-order valence-corrected chi connectivity index (χ2v) is 10.2. The SMILES string of the molecule is CC=C1CC[C@H]2[C@@H]3CC=C4C[C@@H](OC(C)=O)C[C@H](OC(C)=O)[C@]4(C)[C@H]3CC[C@]12C. The van der Waals surface area contributed by atoms with E-state index in [2.05, 4.69) is 32.9 Å². The van der Waals surface area contributed by atoms with Crippen LogP contribution in [0, 0.1) is 28.6 Å². The highest BCUT2D eigenvalue weighted by Gasteiger charge is 2.60. The Kier molecular flexibility index (Phi) is 5.19. The molecule has 4 aliphatic rings. The monoisotopic (exact) mass is 400 g/mol. The zero-order valence-corrected chi connectivity index (χ0v) is 18.6. The molecule has 4 rings (SSSR count). The van der Waals surface area contributed by atoms with Crippen LogP contribution in [0.2, 0.25) is 0 Å². The molecule has 0 bridgehead atoms. The summed E-state index contributed by atoms with van der Waals surface area (Å²) in [6, 6.07) is 0. The number of fused-ring (bicyclic) bond motifs is 5. The molecule has 29 heavy (non-hydrogen) atoms. The lowest BCUT2D eigenvalue weighted by molar-refractivity contribution is -0.170. The molecule has 0 aromatic heterocycles. The maximum absolute atomic E-state index is 12.0. The summed E-state index contributed by atoms with van der Waals surface area (Å²) in [6.45, 7) is 9.96. The Hall–Kier alpha value is -1.58. The lowest BCUT2D eigenvalue weighted by atomic mass is 9.47. The molecule has 0 heterocycles. The smallest absolute Gasteiger partial charge is 0.302 e. The topological polar surface area (TPSA) is 52.6 Å². The van der Waals surface area contributed by atoms with Crippen molar-refractivity contribution in [3.63, 3.8) is 0 Å². The zero-order chi connectivity index (χ0) is 21.0. The number of rotatable bonds is 2. The quantitative estimate of drug-likeness (QED) is 0.462. The molecule has 0 aromatic rings. The molecule has 7 atom stereocenters. The highest BCUT2D eigenvalue weighted by molar-refractivity contribution is 5.67. The number of hydrogen-bond donors (Lipinski definition) is 0. The van der Waals surface area contributed by atoms with E-state index < -0.39 is 0 Å². The second kappa shape index (κ2) is 7.28. The van der Waals surface area contributed by atoms with Crippen molar-refractivity contribution in [3.8, 4) is 0 Å². The molecule has 0 aromatic carbocycles. The minimum atomic E-state index is -0.257. The summed E-state index contributed by atoms with van der Waals surface area (Å²) >= 11 is 0. The summed E-state index contributed by atoms with van der Waals surface area (Å²) in [4.78, 5) is 23.5. The van der Waals surface area contributed by atoms with Crippen molar-refractivity contribution in [2.45, 2.75) is 91.8 Å². The van der Waals surface area contributed by atoms with Gasteiger partial charge in [-0.05, 0) is 62.2 Å². The van der Waals surface area contributed by atoms with Gasteiger partial charge in [0.1, 0.15) is 12.2 Å². The van der Waals surface area contributed by atoms with E-state index >= 15 is 0 Å². The molecule has 4 aliphatic carbocycles. The van der Waals surface area contributed by atoms with Crippen LogP contribution in [0.3, 0.4) is 0 Å². The minimum absolute atomic E-state index is 0.148. The lowest BCUT2D eigenvalue weighted by Gasteiger charge is -2.59. The first-order chi connectivity index (χ1) is 13.7. The first kappa shape index (κ1) is 20.7. The molecule has 0 amide bonds. The number of allylic oxidation sites excluding steroid dienone is 3. The van der Waals surface area contributed by atoms with E-state index in [1.54, 1.807) is 5.57 Å². The van der Waals surface area contributed by atoms with Crippen molar-refractivity contribution in [1.82, 2.24) is 0 Å². The van der Waals surface area contributed by atoms with Crippen LogP contribution in [-0.2, 0) is 19.1 Å². The van der Waals surface area contributed by atoms with Crippen LogP contribution in [0.1, 0.15) is 79.6 Å². The number of carbonyl (C=O) groups excluding carboxylic acids is 2. The van der Waals surface area contributed by atoms with E-state index in [-0.39, 0.29) is 29.6 Å². The Balaban J connectivity index is 1.69. The fourth-order valence-corrected chi connectivity index (χ4v) is 7.68. The van der Waals surface area contributed by atoms with Crippen LogP contribution in [0.5, 0.6) is 0 Å². The summed E-state index contributed by atoms with van der Waals surface area (Å²) < 4.78 is 11.5. The summed E-state index contributed by atoms with van der Waals surface area (Å²) in [7, 11) is 0. The molecular weight excluding hydrogens is 364 g/mol. The van der Waals surface area contributed by atoms with Crippen molar-refractivity contribution < 1.29 is 19.1 Å². The van der Waals surface area contributed by atoms with Crippen LogP contribution in [0.4, 0.5) is 0 Å². The van der Waals surface area contributed by atoms with Gasteiger partial charge in [-0.3, -0.25) is 9.59 Å². The number of ether oxygens (including phenoxy) is 2. The standard InChI is InChI=1S/C25H36O4/c1-6-17-8-10-21-20-9-7-18-13-19(28-15(2)26)14-23(29-16(3)27)25(18,5)22(20)11-12-24(17,21)4/h6-7,19-23H,8-14H2,1-5H3/t19-,20+,21+,22+,23+,24-,25+/m1/s1. The lowest BCUT2D eigenvalue weighted by Crippen LogP contribution is -2.56. The molecule has 0 aliphatic heterocycles. The first-order valence-corrected chi connectivity index (χ1v) is 11.4. The van der Waals surface area contributed by atoms with E-state index in [1.165, 1.54) is 45.1 Å². The maximum Gasteiger partial charge on any atom is 0.302 e. The first-order valence-electron chi connectivity index (χ1n) is 11.4. The zero-order valence-electron chi connectivity index (χ0n) is 18.6. The van der Waals surface area contributed by atoms with Gasteiger partial charge in [0, 0.05) is 32.1 Å². The Labute approximate surface area is 175 Å². The van der Waals surface area contributed by atoms with Crippen LogP contribution in [0.25, 0.3) is 0 Å². The average Bonchev–Trinajstić information content (AvgIpc) is 2.98. The molecule has 0 unspecified atom stereocenters. The summed E-state index contributed by atoms with van der Waals surface area (Å²) in [6.07, 6.45) is 11.8. The molecule has 0 saturated heterocycles. The van der Waals surface area contributed by atoms with Gasteiger partial charge in [0.05, 0.1) is 0 Å². The van der Waals surface area contributed by atoms with Gasteiger partial charge in [-0.25, -0.2) is 0 Å². The summed E-state index contributed by atoms with van der Waals surface area (Å²) in [5.74, 6) is 1.39. The minimum Gasteiger partial charge on any atom is -0.462 e. The Morgan fingerprint density at radius 3 is 2.48 bits per heavy atom. The second-order valence-electron chi connectivity index (χ2n) is 10.2. The highest BCUT2D eigenvalue weighted by Crippen LogP contribution is 2.66. The van der Waals surface area contributed by atoms with Crippen LogP contribution in [0.15, 0.2) is 23.3 Å². The van der Waals surface area contributed by atoms with Gasteiger partial charge in [0.25, 0.3) is 0 Å². The molecule has 4 nitrogen and oxygen atoms in total.